The Morgan fingerprint density at radius 1 is 1.35 bits per heavy atom. The number of carbonyl (C=O) groups is 1. The molecule has 0 radical (unpaired) electrons. The van der Waals surface area contributed by atoms with Crippen LogP contribution in [0.25, 0.3) is 0 Å². The summed E-state index contributed by atoms with van der Waals surface area (Å²) in [5, 5.41) is 10.5. The summed E-state index contributed by atoms with van der Waals surface area (Å²) >= 11 is 0. The second-order valence-corrected chi connectivity index (χ2v) is 5.75. The molecule has 0 aromatic heterocycles. The Morgan fingerprint density at radius 3 is 2.30 bits per heavy atom. The first-order valence-corrected chi connectivity index (χ1v) is 7.48. The van der Waals surface area contributed by atoms with Gasteiger partial charge in [0.25, 0.3) is 5.69 Å². The van der Waals surface area contributed by atoms with Gasteiger partial charge in [-0.25, -0.2) is 8.42 Å². The van der Waals surface area contributed by atoms with E-state index in [2.05, 4.69) is 0 Å². The van der Waals surface area contributed by atoms with E-state index in [0.717, 1.165) is 10.6 Å². The van der Waals surface area contributed by atoms with E-state index in [0.29, 0.717) is 0 Å². The number of ether oxygens (including phenoxy) is 1. The smallest absolute Gasteiger partial charge is 0.326 e. The van der Waals surface area contributed by atoms with Crippen LogP contribution in [0.4, 0.5) is 11.4 Å². The fourth-order valence-electron chi connectivity index (χ4n) is 1.46. The summed E-state index contributed by atoms with van der Waals surface area (Å²) in [6.45, 7) is 1.26. The average molecular weight is 302 g/mol. The summed E-state index contributed by atoms with van der Waals surface area (Å²) in [6, 6.07) is 4.86. The van der Waals surface area contributed by atoms with Gasteiger partial charge in [-0.15, -0.1) is 0 Å². The number of esters is 1. The van der Waals surface area contributed by atoms with Crippen LogP contribution in [0.1, 0.15) is 6.92 Å². The van der Waals surface area contributed by atoms with Crippen molar-refractivity contribution in [2.24, 2.45) is 0 Å². The Balaban J connectivity index is 3.06. The number of anilines is 1. The van der Waals surface area contributed by atoms with Crippen molar-refractivity contribution < 1.29 is 22.9 Å². The fraction of sp³-hybridized carbons (Fsp3) is 0.364. The van der Waals surface area contributed by atoms with E-state index >= 15 is 0 Å². The molecule has 0 aliphatic rings. The van der Waals surface area contributed by atoms with Crippen molar-refractivity contribution in [2.75, 3.05) is 23.7 Å². The van der Waals surface area contributed by atoms with Crippen molar-refractivity contribution in [3.8, 4) is 0 Å². The first-order valence-electron chi connectivity index (χ1n) is 5.63. The summed E-state index contributed by atoms with van der Waals surface area (Å²) in [6.07, 6.45) is 0.938. The third-order valence-corrected chi connectivity index (χ3v) is 3.47. The lowest BCUT2D eigenvalue weighted by atomic mass is 10.3. The second-order valence-electron chi connectivity index (χ2n) is 3.85. The Bertz CT molecular complexity index is 596. The number of nitro groups is 1. The molecule has 0 bridgehead atoms. The van der Waals surface area contributed by atoms with Gasteiger partial charge in [-0.3, -0.25) is 19.2 Å². The van der Waals surface area contributed by atoms with Crippen LogP contribution in [0.3, 0.4) is 0 Å². The molecule has 9 heteroatoms. The van der Waals surface area contributed by atoms with Crippen LogP contribution < -0.4 is 4.31 Å². The summed E-state index contributed by atoms with van der Waals surface area (Å²) < 4.78 is 28.9. The Kier molecular flexibility index (Phi) is 5.03. The average Bonchev–Trinajstić information content (AvgIpc) is 2.35. The van der Waals surface area contributed by atoms with Crippen molar-refractivity contribution in [3.63, 3.8) is 0 Å². The Hall–Kier alpha value is -2.16. The number of rotatable bonds is 6. The maximum absolute atomic E-state index is 11.7. The monoisotopic (exact) mass is 302 g/mol. The van der Waals surface area contributed by atoms with Gasteiger partial charge in [0.05, 0.1) is 23.5 Å². The summed E-state index contributed by atoms with van der Waals surface area (Å²) in [5.74, 6) is -0.698. The highest BCUT2D eigenvalue weighted by Gasteiger charge is 2.22. The first-order chi connectivity index (χ1) is 9.25. The maximum Gasteiger partial charge on any atom is 0.326 e. The molecule has 0 saturated carbocycles. The molecule has 0 spiro atoms. The number of sulfonamides is 1. The van der Waals surface area contributed by atoms with Gasteiger partial charge in [0, 0.05) is 12.1 Å². The van der Waals surface area contributed by atoms with Gasteiger partial charge in [-0.05, 0) is 19.1 Å². The van der Waals surface area contributed by atoms with Gasteiger partial charge in [-0.2, -0.15) is 0 Å². The number of hydrogen-bond acceptors (Lipinski definition) is 6. The molecule has 0 unspecified atom stereocenters. The third kappa shape index (κ3) is 4.19. The minimum atomic E-state index is -3.70. The molecule has 20 heavy (non-hydrogen) atoms. The highest BCUT2D eigenvalue weighted by atomic mass is 32.2. The van der Waals surface area contributed by atoms with Crippen molar-refractivity contribution in [3.05, 3.63) is 34.4 Å². The van der Waals surface area contributed by atoms with Gasteiger partial charge >= 0.3 is 5.97 Å². The van der Waals surface area contributed by atoms with Gasteiger partial charge in [0.1, 0.15) is 6.54 Å². The Labute approximate surface area is 116 Å². The topological polar surface area (TPSA) is 107 Å². The molecule has 110 valence electrons. The number of nitrogens with zero attached hydrogens (tertiary/aromatic N) is 2. The number of carbonyl (C=O) groups excluding carboxylic acids is 1. The molecular weight excluding hydrogens is 288 g/mol. The van der Waals surface area contributed by atoms with Crippen LogP contribution in [0.5, 0.6) is 0 Å². The molecule has 0 fully saturated rings. The lowest BCUT2D eigenvalue weighted by molar-refractivity contribution is -0.384. The molecule has 0 saturated heterocycles. The molecule has 0 amide bonds. The predicted molar refractivity (Wildman–Crippen MR) is 71.9 cm³/mol. The first kappa shape index (κ1) is 15.9. The highest BCUT2D eigenvalue weighted by Crippen LogP contribution is 2.21. The summed E-state index contributed by atoms with van der Waals surface area (Å²) in [5.41, 5.74) is -0.00973. The van der Waals surface area contributed by atoms with E-state index < -0.39 is 27.5 Å². The Morgan fingerprint density at radius 2 is 1.90 bits per heavy atom. The van der Waals surface area contributed by atoms with Crippen LogP contribution in [-0.2, 0) is 19.6 Å². The largest absolute Gasteiger partial charge is 0.465 e. The van der Waals surface area contributed by atoms with Crippen LogP contribution in [0, 0.1) is 10.1 Å². The standard InChI is InChI=1S/C11H14N2O6S/c1-3-19-11(14)8-12(20(2,17)18)9-4-6-10(7-5-9)13(15)16/h4-7H,3,8H2,1-2H3. The highest BCUT2D eigenvalue weighted by molar-refractivity contribution is 7.92. The molecule has 1 rings (SSSR count). The van der Waals surface area contributed by atoms with E-state index in [-0.39, 0.29) is 18.0 Å². The molecule has 0 aliphatic heterocycles. The van der Waals surface area contributed by atoms with Crippen LogP contribution in [-0.4, -0.2) is 38.7 Å². The number of nitro benzene ring substituents is 1. The quantitative estimate of drug-likeness (QED) is 0.439. The molecule has 0 heterocycles. The zero-order valence-corrected chi connectivity index (χ0v) is 11.8. The number of hydrogen-bond donors (Lipinski definition) is 0. The van der Waals surface area contributed by atoms with Crippen molar-refractivity contribution >= 4 is 27.4 Å². The van der Waals surface area contributed by atoms with Crippen LogP contribution >= 0.6 is 0 Å². The van der Waals surface area contributed by atoms with E-state index in [1.165, 1.54) is 24.3 Å². The van der Waals surface area contributed by atoms with Crippen LogP contribution in [0.15, 0.2) is 24.3 Å². The zero-order chi connectivity index (χ0) is 15.3. The summed E-state index contributed by atoms with van der Waals surface area (Å²) in [4.78, 5) is 21.4. The minimum absolute atomic E-state index is 0.136. The SMILES string of the molecule is CCOC(=O)CN(c1ccc([N+](=O)[O-])cc1)S(C)(=O)=O. The van der Waals surface area contributed by atoms with E-state index in [1.54, 1.807) is 6.92 Å². The number of benzene rings is 1. The van der Waals surface area contributed by atoms with Gasteiger partial charge in [0.2, 0.25) is 10.0 Å². The van der Waals surface area contributed by atoms with Gasteiger partial charge < -0.3 is 4.74 Å². The normalized spacial score (nSPS) is 10.9. The predicted octanol–water partition coefficient (Wildman–Crippen LogP) is 0.924. The molecule has 8 nitrogen and oxygen atoms in total. The van der Waals surface area contributed by atoms with E-state index in [1.807, 2.05) is 0 Å². The fourth-order valence-corrected chi connectivity index (χ4v) is 2.31. The lowest BCUT2D eigenvalue weighted by Crippen LogP contribution is -2.35. The van der Waals surface area contributed by atoms with E-state index in [4.69, 9.17) is 4.74 Å². The molecule has 0 atom stereocenters. The van der Waals surface area contributed by atoms with Crippen LogP contribution in [0.2, 0.25) is 0 Å². The molecule has 0 N–H and O–H groups in total. The molecule has 0 aliphatic carbocycles. The zero-order valence-electron chi connectivity index (χ0n) is 11.0. The maximum atomic E-state index is 11.7. The molecular formula is C11H14N2O6S. The molecule has 1 aromatic rings. The van der Waals surface area contributed by atoms with E-state index in [9.17, 15) is 23.3 Å². The number of non-ortho nitro benzene ring substituents is 1. The van der Waals surface area contributed by atoms with Gasteiger partial charge in [0.15, 0.2) is 0 Å². The van der Waals surface area contributed by atoms with Crippen molar-refractivity contribution in [2.45, 2.75) is 6.92 Å². The second kappa shape index (κ2) is 6.33. The lowest BCUT2D eigenvalue weighted by Gasteiger charge is -2.21. The molecule has 1 aromatic carbocycles. The van der Waals surface area contributed by atoms with Crippen molar-refractivity contribution in [1.82, 2.24) is 0 Å². The van der Waals surface area contributed by atoms with Gasteiger partial charge in [-0.1, -0.05) is 0 Å². The summed E-state index contributed by atoms with van der Waals surface area (Å²) in [7, 11) is -3.70. The minimum Gasteiger partial charge on any atom is -0.465 e. The van der Waals surface area contributed by atoms with Crippen molar-refractivity contribution in [1.29, 1.82) is 0 Å². The third-order valence-electron chi connectivity index (χ3n) is 2.33.